The number of fused-ring (bicyclic) bond motifs is 2. The van der Waals surface area contributed by atoms with E-state index in [4.69, 9.17) is 15.0 Å². The fourth-order valence-corrected chi connectivity index (χ4v) is 4.28. The molecule has 0 aromatic heterocycles. The number of carbonyl (C=O) groups is 1. The summed E-state index contributed by atoms with van der Waals surface area (Å²) in [6, 6.07) is 10.4. The molecule has 0 saturated carbocycles. The first-order valence-corrected chi connectivity index (χ1v) is 10.8. The zero-order chi connectivity index (χ0) is 21.7. The Morgan fingerprint density at radius 2 is 1.87 bits per heavy atom. The summed E-state index contributed by atoms with van der Waals surface area (Å²) >= 11 is 0. The van der Waals surface area contributed by atoms with Crippen LogP contribution in [-0.2, 0) is 11.3 Å². The average molecular weight is 412 g/mol. The van der Waals surface area contributed by atoms with Crippen LogP contribution in [0, 0.1) is 11.3 Å². The van der Waals surface area contributed by atoms with Crippen LogP contribution in [0.3, 0.4) is 0 Å². The third-order valence-corrected chi connectivity index (χ3v) is 5.53. The zero-order valence-electron chi connectivity index (χ0n) is 18.4. The molecule has 0 aliphatic carbocycles. The van der Waals surface area contributed by atoms with Gasteiger partial charge in [0.05, 0.1) is 18.2 Å². The third-order valence-electron chi connectivity index (χ3n) is 5.53. The molecule has 1 aromatic rings. The van der Waals surface area contributed by atoms with Gasteiger partial charge < -0.3 is 20.3 Å². The monoisotopic (exact) mass is 411 g/mol. The Bertz CT molecular complexity index is 792. The lowest BCUT2D eigenvalue weighted by atomic mass is 9.98. The summed E-state index contributed by atoms with van der Waals surface area (Å²) in [7, 11) is 0. The first-order valence-electron chi connectivity index (χ1n) is 10.8. The zero-order valence-corrected chi connectivity index (χ0v) is 18.4. The largest absolute Gasteiger partial charge is 0.444 e. The SMILES string of the molecule is CCNC(=NCc1ccc(C#N)cc1)NC1CC2CCC(C1)N2C(=O)OC(C)(C)C. The molecular weight excluding hydrogens is 378 g/mol. The fraction of sp³-hybridized carbons (Fsp3) is 0.609. The van der Waals surface area contributed by atoms with E-state index >= 15 is 0 Å². The fourth-order valence-electron chi connectivity index (χ4n) is 4.28. The van der Waals surface area contributed by atoms with Gasteiger partial charge in [0.1, 0.15) is 5.60 Å². The summed E-state index contributed by atoms with van der Waals surface area (Å²) in [4.78, 5) is 19.3. The van der Waals surface area contributed by atoms with E-state index in [1.165, 1.54) is 0 Å². The van der Waals surface area contributed by atoms with Gasteiger partial charge in [0.25, 0.3) is 0 Å². The molecule has 0 spiro atoms. The third kappa shape index (κ3) is 5.65. The van der Waals surface area contributed by atoms with Gasteiger partial charge in [-0.2, -0.15) is 5.26 Å². The van der Waals surface area contributed by atoms with Crippen molar-refractivity contribution in [2.45, 2.75) is 83.6 Å². The minimum absolute atomic E-state index is 0.185. The molecule has 7 heteroatoms. The van der Waals surface area contributed by atoms with Gasteiger partial charge >= 0.3 is 6.09 Å². The van der Waals surface area contributed by atoms with Gasteiger partial charge in [-0.15, -0.1) is 0 Å². The van der Waals surface area contributed by atoms with Crippen LogP contribution < -0.4 is 10.6 Å². The Labute approximate surface area is 179 Å². The second-order valence-corrected chi connectivity index (χ2v) is 9.09. The molecule has 2 atom stereocenters. The van der Waals surface area contributed by atoms with E-state index in [0.29, 0.717) is 12.1 Å². The molecule has 1 aromatic carbocycles. The van der Waals surface area contributed by atoms with Crippen LogP contribution in [0.5, 0.6) is 0 Å². The number of piperidine rings is 1. The number of nitrogens with zero attached hydrogens (tertiary/aromatic N) is 3. The van der Waals surface area contributed by atoms with Crippen molar-refractivity contribution >= 4 is 12.1 Å². The van der Waals surface area contributed by atoms with Crippen LogP contribution in [0.4, 0.5) is 4.79 Å². The van der Waals surface area contributed by atoms with Gasteiger partial charge in [-0.25, -0.2) is 9.79 Å². The number of hydrogen-bond donors (Lipinski definition) is 2. The van der Waals surface area contributed by atoms with Crippen LogP contribution in [0.1, 0.15) is 64.5 Å². The lowest BCUT2D eigenvalue weighted by Gasteiger charge is -2.40. The highest BCUT2D eigenvalue weighted by Gasteiger charge is 2.45. The predicted octanol–water partition coefficient (Wildman–Crippen LogP) is 3.54. The Morgan fingerprint density at radius 1 is 1.23 bits per heavy atom. The van der Waals surface area contributed by atoms with Crippen molar-refractivity contribution in [3.63, 3.8) is 0 Å². The number of aliphatic imine (C=N–C) groups is 1. The van der Waals surface area contributed by atoms with E-state index in [9.17, 15) is 4.79 Å². The molecular formula is C23H33N5O2. The van der Waals surface area contributed by atoms with E-state index in [2.05, 4.69) is 16.7 Å². The highest BCUT2D eigenvalue weighted by Crippen LogP contribution is 2.36. The maximum Gasteiger partial charge on any atom is 0.410 e. The number of guanidine groups is 1. The molecule has 162 valence electrons. The summed E-state index contributed by atoms with van der Waals surface area (Å²) in [5.41, 5.74) is 1.24. The molecule has 30 heavy (non-hydrogen) atoms. The highest BCUT2D eigenvalue weighted by atomic mass is 16.6. The standard InChI is InChI=1S/C23H33N5O2/c1-5-25-21(26-15-17-8-6-16(14-24)7-9-17)27-18-12-19-10-11-20(13-18)28(19)22(29)30-23(2,3)4/h6-9,18-20H,5,10-13,15H2,1-4H3,(H2,25,26,27). The number of rotatable bonds is 4. The Morgan fingerprint density at radius 3 is 2.40 bits per heavy atom. The quantitative estimate of drug-likeness (QED) is 0.584. The molecule has 2 aliphatic rings. The van der Waals surface area contributed by atoms with Crippen molar-refractivity contribution in [3.8, 4) is 6.07 Å². The molecule has 7 nitrogen and oxygen atoms in total. The van der Waals surface area contributed by atoms with Crippen LogP contribution in [0.25, 0.3) is 0 Å². The lowest BCUT2D eigenvalue weighted by Crippen LogP contribution is -2.55. The molecule has 0 radical (unpaired) electrons. The van der Waals surface area contributed by atoms with Crippen molar-refractivity contribution in [2.75, 3.05) is 6.54 Å². The number of amides is 1. The van der Waals surface area contributed by atoms with Crippen molar-refractivity contribution < 1.29 is 9.53 Å². The second-order valence-electron chi connectivity index (χ2n) is 9.09. The van der Waals surface area contributed by atoms with E-state index in [1.807, 2.05) is 56.9 Å². The molecule has 2 N–H and O–H groups in total. The Kier molecular flexibility index (Phi) is 6.86. The van der Waals surface area contributed by atoms with Crippen molar-refractivity contribution in [1.82, 2.24) is 15.5 Å². The minimum atomic E-state index is -0.470. The Hall–Kier alpha value is -2.75. The molecule has 2 aliphatic heterocycles. The number of ether oxygens (including phenoxy) is 1. The highest BCUT2D eigenvalue weighted by molar-refractivity contribution is 5.80. The van der Waals surface area contributed by atoms with Crippen molar-refractivity contribution in [3.05, 3.63) is 35.4 Å². The summed E-state index contributed by atoms with van der Waals surface area (Å²) in [5.74, 6) is 0.789. The van der Waals surface area contributed by atoms with Gasteiger partial charge in [-0.05, 0) is 71.1 Å². The van der Waals surface area contributed by atoms with Gasteiger partial charge in [0.2, 0.25) is 0 Å². The van der Waals surface area contributed by atoms with Crippen molar-refractivity contribution in [2.24, 2.45) is 4.99 Å². The topological polar surface area (TPSA) is 89.8 Å². The molecule has 3 rings (SSSR count). The maximum atomic E-state index is 12.6. The van der Waals surface area contributed by atoms with Gasteiger partial charge in [-0.1, -0.05) is 12.1 Å². The molecule has 2 saturated heterocycles. The number of benzene rings is 1. The normalized spacial score (nSPS) is 23.6. The van der Waals surface area contributed by atoms with Crippen LogP contribution in [0.15, 0.2) is 29.3 Å². The summed E-state index contributed by atoms with van der Waals surface area (Å²) < 4.78 is 5.63. The van der Waals surface area contributed by atoms with Gasteiger partial charge in [-0.3, -0.25) is 0 Å². The van der Waals surface area contributed by atoms with E-state index in [0.717, 1.165) is 43.8 Å². The first kappa shape index (κ1) is 21.9. The summed E-state index contributed by atoms with van der Waals surface area (Å²) in [6.45, 7) is 9.11. The van der Waals surface area contributed by atoms with Crippen molar-refractivity contribution in [1.29, 1.82) is 5.26 Å². The number of nitrogens with one attached hydrogen (secondary N) is 2. The van der Waals surface area contributed by atoms with Gasteiger partial charge in [0, 0.05) is 24.7 Å². The number of hydrogen-bond acceptors (Lipinski definition) is 4. The van der Waals surface area contributed by atoms with E-state index in [-0.39, 0.29) is 24.2 Å². The molecule has 2 fully saturated rings. The number of carbonyl (C=O) groups excluding carboxylic acids is 1. The molecule has 1 amide bonds. The number of nitriles is 1. The molecule has 2 bridgehead atoms. The maximum absolute atomic E-state index is 12.6. The second kappa shape index (κ2) is 9.38. The molecule has 2 heterocycles. The lowest BCUT2D eigenvalue weighted by molar-refractivity contribution is 0.00545. The van der Waals surface area contributed by atoms with Crippen LogP contribution in [-0.4, -0.2) is 47.2 Å². The smallest absolute Gasteiger partial charge is 0.410 e. The summed E-state index contributed by atoms with van der Waals surface area (Å²) in [6.07, 6.45) is 3.67. The van der Waals surface area contributed by atoms with Gasteiger partial charge in [0.15, 0.2) is 5.96 Å². The molecule has 2 unspecified atom stereocenters. The average Bonchev–Trinajstić information content (AvgIpc) is 2.96. The minimum Gasteiger partial charge on any atom is -0.444 e. The first-order chi connectivity index (χ1) is 14.3. The van der Waals surface area contributed by atoms with E-state index in [1.54, 1.807) is 0 Å². The van der Waals surface area contributed by atoms with E-state index < -0.39 is 5.60 Å². The predicted molar refractivity (Wildman–Crippen MR) is 117 cm³/mol. The summed E-state index contributed by atoms with van der Waals surface area (Å²) in [5, 5.41) is 15.8. The van der Waals surface area contributed by atoms with Crippen LogP contribution >= 0.6 is 0 Å². The Balaban J connectivity index is 1.60. The van der Waals surface area contributed by atoms with Crippen LogP contribution in [0.2, 0.25) is 0 Å².